The number of hydrogen-bond donors (Lipinski definition) is 1. The summed E-state index contributed by atoms with van der Waals surface area (Å²) >= 11 is 7.46. The van der Waals surface area contributed by atoms with Crippen LogP contribution in [0.4, 0.5) is 0 Å². The molecule has 0 unspecified atom stereocenters. The van der Waals surface area contributed by atoms with Crippen molar-refractivity contribution in [1.82, 2.24) is 25.2 Å². The van der Waals surface area contributed by atoms with Gasteiger partial charge in [0.2, 0.25) is 0 Å². The van der Waals surface area contributed by atoms with Crippen LogP contribution in [0.5, 0.6) is 5.75 Å². The van der Waals surface area contributed by atoms with E-state index in [-0.39, 0.29) is 18.3 Å². The summed E-state index contributed by atoms with van der Waals surface area (Å²) in [6.07, 6.45) is 4.86. The van der Waals surface area contributed by atoms with E-state index in [1.165, 1.54) is 18.0 Å². The first-order chi connectivity index (χ1) is 19.1. The predicted octanol–water partition coefficient (Wildman–Crippen LogP) is 5.71. The molecular formula is C28H23ClN6O3S. The van der Waals surface area contributed by atoms with Gasteiger partial charge in [0.05, 0.1) is 17.0 Å². The Morgan fingerprint density at radius 3 is 2.77 bits per heavy atom. The minimum absolute atomic E-state index is 0.0871. The number of halogens is 1. The van der Waals surface area contributed by atoms with Gasteiger partial charge in [-0.05, 0) is 55.0 Å². The molecule has 3 aromatic heterocycles. The van der Waals surface area contributed by atoms with Crippen molar-refractivity contribution in [2.45, 2.75) is 18.7 Å². The first-order valence-electron chi connectivity index (χ1n) is 11.9. The fourth-order valence-corrected chi connectivity index (χ4v) is 4.69. The Balaban J connectivity index is 1.18. The van der Waals surface area contributed by atoms with Crippen LogP contribution in [0.3, 0.4) is 0 Å². The topological polar surface area (TPSA) is 107 Å². The monoisotopic (exact) mass is 558 g/mol. The molecule has 1 N–H and O–H groups in total. The van der Waals surface area contributed by atoms with E-state index in [1.54, 1.807) is 30.6 Å². The van der Waals surface area contributed by atoms with Crippen molar-refractivity contribution >= 4 is 35.5 Å². The molecule has 3 heterocycles. The van der Waals surface area contributed by atoms with E-state index in [4.69, 9.17) is 20.8 Å². The molecule has 0 spiro atoms. The number of carbonyl (C=O) groups is 1. The average molecular weight is 559 g/mol. The smallest absolute Gasteiger partial charge is 0.250 e. The molecule has 0 aliphatic heterocycles. The second-order valence-electron chi connectivity index (χ2n) is 8.28. The van der Waals surface area contributed by atoms with E-state index in [1.807, 2.05) is 66.1 Å². The molecule has 0 fully saturated rings. The maximum absolute atomic E-state index is 12.5. The van der Waals surface area contributed by atoms with Gasteiger partial charge in [0.15, 0.2) is 11.0 Å². The highest BCUT2D eigenvalue weighted by Gasteiger charge is 2.17. The van der Waals surface area contributed by atoms with Gasteiger partial charge in [-0.2, -0.15) is 5.10 Å². The molecule has 0 atom stereocenters. The summed E-state index contributed by atoms with van der Waals surface area (Å²) in [5, 5.41) is 13.8. The van der Waals surface area contributed by atoms with Gasteiger partial charge >= 0.3 is 0 Å². The predicted molar refractivity (Wildman–Crippen MR) is 150 cm³/mol. The third-order valence-electron chi connectivity index (χ3n) is 5.49. The maximum Gasteiger partial charge on any atom is 0.250 e. The normalized spacial score (nSPS) is 11.1. The van der Waals surface area contributed by atoms with Crippen molar-refractivity contribution in [3.05, 3.63) is 107 Å². The number of thioether (sulfide) groups is 1. The number of hydrogen-bond acceptors (Lipinski definition) is 8. The first kappa shape index (κ1) is 26.2. The van der Waals surface area contributed by atoms with E-state index in [2.05, 4.69) is 25.7 Å². The van der Waals surface area contributed by atoms with Gasteiger partial charge in [-0.25, -0.2) is 5.43 Å². The summed E-state index contributed by atoms with van der Waals surface area (Å²) in [4.78, 5) is 16.7. The van der Waals surface area contributed by atoms with Gasteiger partial charge in [0, 0.05) is 23.6 Å². The molecule has 0 bridgehead atoms. The number of hydrazone groups is 1. The van der Waals surface area contributed by atoms with Crippen LogP contribution in [-0.2, 0) is 11.4 Å². The lowest BCUT2D eigenvalue weighted by Gasteiger charge is -2.09. The van der Waals surface area contributed by atoms with Crippen LogP contribution < -0.4 is 10.2 Å². The highest BCUT2D eigenvalue weighted by atomic mass is 35.5. The number of furan rings is 1. The summed E-state index contributed by atoms with van der Waals surface area (Å²) in [5.41, 5.74) is 5.15. The molecule has 2 aromatic carbocycles. The molecule has 0 radical (unpaired) electrons. The minimum Gasteiger partial charge on any atom is -0.484 e. The molecule has 11 heteroatoms. The van der Waals surface area contributed by atoms with Gasteiger partial charge in [-0.15, -0.1) is 10.2 Å². The molecule has 0 saturated heterocycles. The molecule has 0 aliphatic rings. The van der Waals surface area contributed by atoms with Crippen molar-refractivity contribution in [3.63, 3.8) is 0 Å². The molecule has 196 valence electrons. The number of rotatable bonds is 10. The fourth-order valence-electron chi connectivity index (χ4n) is 3.67. The van der Waals surface area contributed by atoms with Gasteiger partial charge < -0.3 is 9.15 Å². The van der Waals surface area contributed by atoms with Crippen LogP contribution in [0.15, 0.2) is 99.9 Å². The highest BCUT2D eigenvalue weighted by molar-refractivity contribution is 7.99. The second-order valence-corrected chi connectivity index (χ2v) is 9.63. The molecule has 0 saturated carbocycles. The number of para-hydroxylation sites is 2. The summed E-state index contributed by atoms with van der Waals surface area (Å²) in [5.74, 6) is 2.11. The van der Waals surface area contributed by atoms with Crippen molar-refractivity contribution in [2.24, 2.45) is 5.10 Å². The molecule has 39 heavy (non-hydrogen) atoms. The summed E-state index contributed by atoms with van der Waals surface area (Å²) in [7, 11) is 0. The average Bonchev–Trinajstić information content (AvgIpc) is 3.60. The number of benzene rings is 2. The highest BCUT2D eigenvalue weighted by Crippen LogP contribution is 2.29. The number of carbonyl (C=O) groups excluding carboxylic acids is 1. The Morgan fingerprint density at radius 2 is 1.97 bits per heavy atom. The van der Waals surface area contributed by atoms with Crippen LogP contribution in [0.2, 0.25) is 5.02 Å². The molecule has 0 aliphatic carbocycles. The Kier molecular flexibility index (Phi) is 8.35. The van der Waals surface area contributed by atoms with Crippen molar-refractivity contribution in [2.75, 3.05) is 5.75 Å². The van der Waals surface area contributed by atoms with Crippen LogP contribution in [0, 0.1) is 6.92 Å². The number of pyridine rings is 1. The van der Waals surface area contributed by atoms with E-state index in [0.717, 1.165) is 16.8 Å². The van der Waals surface area contributed by atoms with E-state index >= 15 is 0 Å². The molecular weight excluding hydrogens is 536 g/mol. The molecule has 5 aromatic rings. The number of aryl methyl sites for hydroxylation is 1. The number of nitrogens with one attached hydrogen (secondary N) is 1. The van der Waals surface area contributed by atoms with Crippen LogP contribution in [0.1, 0.15) is 17.1 Å². The second kappa shape index (κ2) is 12.4. The van der Waals surface area contributed by atoms with Gasteiger partial charge in [-0.1, -0.05) is 53.7 Å². The molecule has 9 nitrogen and oxygen atoms in total. The van der Waals surface area contributed by atoms with Crippen molar-refractivity contribution < 1.29 is 13.9 Å². The van der Waals surface area contributed by atoms with Gasteiger partial charge in [-0.3, -0.25) is 14.3 Å². The number of aromatic nitrogens is 4. The zero-order valence-electron chi connectivity index (χ0n) is 20.8. The first-order valence-corrected chi connectivity index (χ1v) is 13.3. The van der Waals surface area contributed by atoms with Crippen molar-refractivity contribution in [1.29, 1.82) is 0 Å². The van der Waals surface area contributed by atoms with Gasteiger partial charge in [0.1, 0.15) is 23.9 Å². The Labute approximate surface area is 233 Å². The lowest BCUT2D eigenvalue weighted by atomic mass is 10.2. The number of nitrogens with zero attached hydrogens (tertiary/aromatic N) is 5. The molecule has 5 rings (SSSR count). The van der Waals surface area contributed by atoms with Crippen molar-refractivity contribution in [3.8, 4) is 22.8 Å². The largest absolute Gasteiger partial charge is 0.484 e. The zero-order valence-corrected chi connectivity index (χ0v) is 22.4. The molecule has 1 amide bonds. The van der Waals surface area contributed by atoms with E-state index in [9.17, 15) is 4.79 Å². The van der Waals surface area contributed by atoms with Gasteiger partial charge in [0.25, 0.3) is 5.91 Å². The van der Waals surface area contributed by atoms with E-state index in [0.29, 0.717) is 33.3 Å². The SMILES string of the molecule is Cc1cccc(Cl)c1OCc1ccc(/C=N\NC(=O)CSc2nnc(-c3cccnc3)n2-c2ccccc2)o1. The summed E-state index contributed by atoms with van der Waals surface area (Å²) in [6, 6.07) is 22.5. The number of ether oxygens (including phenoxy) is 1. The standard InChI is InChI=1S/C28H23ClN6O3S/c1-19-7-5-11-24(29)26(19)37-17-23-13-12-22(38-23)16-31-32-25(36)18-39-28-34-33-27(20-8-6-14-30-15-20)35(28)21-9-3-2-4-10-21/h2-16H,17-18H2,1H3,(H,32,36)/b31-16-. The quantitative estimate of drug-likeness (QED) is 0.133. The van der Waals surface area contributed by atoms with E-state index < -0.39 is 0 Å². The van der Waals surface area contributed by atoms with Crippen LogP contribution in [0.25, 0.3) is 17.1 Å². The Bertz CT molecular complexity index is 1570. The van der Waals surface area contributed by atoms with Crippen LogP contribution in [-0.4, -0.2) is 37.6 Å². The zero-order chi connectivity index (χ0) is 27.0. The Hall–Kier alpha value is -4.41. The summed E-state index contributed by atoms with van der Waals surface area (Å²) < 4.78 is 13.4. The number of amides is 1. The third kappa shape index (κ3) is 6.54. The fraction of sp³-hybridized carbons (Fsp3) is 0.107. The minimum atomic E-state index is -0.300. The third-order valence-corrected chi connectivity index (χ3v) is 6.71. The summed E-state index contributed by atoms with van der Waals surface area (Å²) in [6.45, 7) is 2.14. The Morgan fingerprint density at radius 1 is 1.10 bits per heavy atom. The van der Waals surface area contributed by atoms with Crippen LogP contribution >= 0.6 is 23.4 Å². The lowest BCUT2D eigenvalue weighted by molar-refractivity contribution is -0.118. The maximum atomic E-state index is 12.5. The lowest BCUT2D eigenvalue weighted by Crippen LogP contribution is -2.19.